The van der Waals surface area contributed by atoms with Crippen molar-refractivity contribution in [3.8, 4) is 11.3 Å². The third-order valence-corrected chi connectivity index (χ3v) is 5.18. The zero-order valence-corrected chi connectivity index (χ0v) is 15.0. The fraction of sp³-hybridized carbons (Fsp3) is 0.600. The van der Waals surface area contributed by atoms with Crippen molar-refractivity contribution in [3.63, 3.8) is 0 Å². The average molecular weight is 339 g/mol. The molecule has 134 valence electrons. The molecule has 2 heterocycles. The molecule has 2 N–H and O–H groups in total. The summed E-state index contributed by atoms with van der Waals surface area (Å²) in [6.07, 6.45) is 17.9. The second kappa shape index (κ2) is 9.44. The molecule has 0 saturated heterocycles. The molecule has 25 heavy (non-hydrogen) atoms. The minimum atomic E-state index is 0.277. The van der Waals surface area contributed by atoms with Crippen LogP contribution in [0, 0.1) is 0 Å². The summed E-state index contributed by atoms with van der Waals surface area (Å²) in [5.41, 5.74) is 8.80. The highest BCUT2D eigenvalue weighted by atomic mass is 15.2. The molecule has 1 fully saturated rings. The molecule has 0 aliphatic heterocycles. The van der Waals surface area contributed by atoms with Crippen LogP contribution in [0.25, 0.3) is 11.3 Å². The predicted molar refractivity (Wildman–Crippen MR) is 101 cm³/mol. The number of hydrogen-bond donors (Lipinski definition) is 1. The highest BCUT2D eigenvalue weighted by Crippen LogP contribution is 2.33. The standard InChI is InChI=1S/C20H29N5/c21-20-23-18(19(24-25-20)17-12-14-22-15-13-17)16-10-8-6-4-2-1-3-5-7-9-11-16/h12-16H,1-11H2,(H2,21,23,25). The number of pyridine rings is 1. The Kier molecular flexibility index (Phi) is 6.71. The van der Waals surface area contributed by atoms with Gasteiger partial charge < -0.3 is 5.73 Å². The Morgan fingerprint density at radius 3 is 1.92 bits per heavy atom. The van der Waals surface area contributed by atoms with Gasteiger partial charge in [0.2, 0.25) is 5.95 Å². The SMILES string of the molecule is Nc1nnc(-c2ccncc2)c(C2CCCCCCCCCCC2)n1. The molecule has 5 nitrogen and oxygen atoms in total. The van der Waals surface area contributed by atoms with Crippen molar-refractivity contribution in [1.29, 1.82) is 0 Å². The number of nitrogens with zero attached hydrogens (tertiary/aromatic N) is 4. The van der Waals surface area contributed by atoms with Crippen LogP contribution in [0.3, 0.4) is 0 Å². The highest BCUT2D eigenvalue weighted by molar-refractivity contribution is 5.61. The first-order valence-corrected chi connectivity index (χ1v) is 9.75. The van der Waals surface area contributed by atoms with Gasteiger partial charge >= 0.3 is 0 Å². The predicted octanol–water partition coefficient (Wildman–Crippen LogP) is 4.90. The van der Waals surface area contributed by atoms with Gasteiger partial charge in [-0.05, 0) is 25.0 Å². The Hall–Kier alpha value is -2.04. The van der Waals surface area contributed by atoms with Crippen LogP contribution in [0.5, 0.6) is 0 Å². The fourth-order valence-electron chi connectivity index (χ4n) is 3.79. The Labute approximate surface area is 150 Å². The van der Waals surface area contributed by atoms with Gasteiger partial charge in [0.05, 0.1) is 5.69 Å². The van der Waals surface area contributed by atoms with Crippen molar-refractivity contribution < 1.29 is 0 Å². The van der Waals surface area contributed by atoms with E-state index in [1.165, 1.54) is 57.8 Å². The molecule has 1 aliphatic rings. The first-order chi connectivity index (χ1) is 12.3. The molecular formula is C20H29N5. The van der Waals surface area contributed by atoms with E-state index in [1.54, 1.807) is 12.4 Å². The fourth-order valence-corrected chi connectivity index (χ4v) is 3.79. The summed E-state index contributed by atoms with van der Waals surface area (Å²) in [4.78, 5) is 8.73. The second-order valence-corrected chi connectivity index (χ2v) is 7.10. The van der Waals surface area contributed by atoms with Crippen LogP contribution in [-0.2, 0) is 0 Å². The maximum absolute atomic E-state index is 5.89. The molecule has 2 aromatic rings. The molecule has 0 aromatic carbocycles. The maximum Gasteiger partial charge on any atom is 0.240 e. The van der Waals surface area contributed by atoms with E-state index in [1.807, 2.05) is 12.1 Å². The summed E-state index contributed by atoms with van der Waals surface area (Å²) >= 11 is 0. The van der Waals surface area contributed by atoms with Gasteiger partial charge in [0.25, 0.3) is 0 Å². The molecule has 0 radical (unpaired) electrons. The highest BCUT2D eigenvalue weighted by Gasteiger charge is 2.20. The van der Waals surface area contributed by atoms with Gasteiger partial charge in [0.1, 0.15) is 5.69 Å². The smallest absolute Gasteiger partial charge is 0.240 e. The molecule has 0 bridgehead atoms. The van der Waals surface area contributed by atoms with Crippen molar-refractivity contribution in [2.45, 2.75) is 76.5 Å². The van der Waals surface area contributed by atoms with E-state index >= 15 is 0 Å². The molecule has 1 saturated carbocycles. The molecular weight excluding hydrogens is 310 g/mol. The van der Waals surface area contributed by atoms with Crippen molar-refractivity contribution in [2.75, 3.05) is 5.73 Å². The Morgan fingerprint density at radius 1 is 0.760 bits per heavy atom. The van der Waals surface area contributed by atoms with E-state index in [0.717, 1.165) is 29.8 Å². The van der Waals surface area contributed by atoms with Crippen LogP contribution in [0.1, 0.15) is 82.2 Å². The lowest BCUT2D eigenvalue weighted by molar-refractivity contribution is 0.461. The lowest BCUT2D eigenvalue weighted by Gasteiger charge is -2.19. The number of nitrogens with two attached hydrogens (primary N) is 1. The quantitative estimate of drug-likeness (QED) is 0.841. The zero-order valence-electron chi connectivity index (χ0n) is 15.0. The third-order valence-electron chi connectivity index (χ3n) is 5.18. The van der Waals surface area contributed by atoms with Gasteiger partial charge in [-0.3, -0.25) is 4.98 Å². The van der Waals surface area contributed by atoms with E-state index in [0.29, 0.717) is 5.92 Å². The zero-order chi connectivity index (χ0) is 17.3. The van der Waals surface area contributed by atoms with Gasteiger partial charge in [0.15, 0.2) is 0 Å². The lowest BCUT2D eigenvalue weighted by atomic mass is 9.88. The third kappa shape index (κ3) is 5.21. The van der Waals surface area contributed by atoms with Crippen LogP contribution >= 0.6 is 0 Å². The monoisotopic (exact) mass is 339 g/mol. The van der Waals surface area contributed by atoms with E-state index < -0.39 is 0 Å². The summed E-state index contributed by atoms with van der Waals surface area (Å²) in [6.45, 7) is 0. The van der Waals surface area contributed by atoms with Crippen molar-refractivity contribution in [3.05, 3.63) is 30.2 Å². The molecule has 5 heteroatoms. The largest absolute Gasteiger partial charge is 0.366 e. The van der Waals surface area contributed by atoms with E-state index in [-0.39, 0.29) is 5.95 Å². The van der Waals surface area contributed by atoms with Crippen molar-refractivity contribution in [2.24, 2.45) is 0 Å². The molecule has 3 rings (SSSR count). The van der Waals surface area contributed by atoms with E-state index in [2.05, 4.69) is 20.2 Å². The van der Waals surface area contributed by atoms with Crippen LogP contribution in [0.2, 0.25) is 0 Å². The lowest BCUT2D eigenvalue weighted by Crippen LogP contribution is -2.10. The van der Waals surface area contributed by atoms with Crippen LogP contribution in [0.4, 0.5) is 5.95 Å². The summed E-state index contributed by atoms with van der Waals surface area (Å²) in [5, 5.41) is 8.40. The normalized spacial score (nSPS) is 18.2. The van der Waals surface area contributed by atoms with Crippen LogP contribution in [0.15, 0.2) is 24.5 Å². The summed E-state index contributed by atoms with van der Waals surface area (Å²) in [5.74, 6) is 0.694. The topological polar surface area (TPSA) is 77.6 Å². The van der Waals surface area contributed by atoms with Crippen molar-refractivity contribution in [1.82, 2.24) is 20.2 Å². The number of nitrogen functional groups attached to an aromatic ring is 1. The molecule has 0 atom stereocenters. The van der Waals surface area contributed by atoms with Gasteiger partial charge in [0, 0.05) is 23.9 Å². The maximum atomic E-state index is 5.89. The second-order valence-electron chi connectivity index (χ2n) is 7.10. The minimum absolute atomic E-state index is 0.277. The number of rotatable bonds is 2. The van der Waals surface area contributed by atoms with E-state index in [4.69, 9.17) is 5.73 Å². The average Bonchev–Trinajstić information content (AvgIpc) is 2.63. The minimum Gasteiger partial charge on any atom is -0.366 e. The molecule has 0 spiro atoms. The van der Waals surface area contributed by atoms with Gasteiger partial charge in [-0.15, -0.1) is 10.2 Å². The summed E-state index contributed by atoms with van der Waals surface area (Å²) < 4.78 is 0. The first kappa shape index (κ1) is 17.8. The summed E-state index contributed by atoms with van der Waals surface area (Å²) in [7, 11) is 0. The van der Waals surface area contributed by atoms with Gasteiger partial charge in [-0.2, -0.15) is 0 Å². The molecule has 0 amide bonds. The van der Waals surface area contributed by atoms with Gasteiger partial charge in [-0.25, -0.2) is 4.98 Å². The number of aromatic nitrogens is 4. The number of anilines is 1. The van der Waals surface area contributed by atoms with Crippen LogP contribution in [-0.4, -0.2) is 20.2 Å². The van der Waals surface area contributed by atoms with Crippen molar-refractivity contribution >= 4 is 5.95 Å². The van der Waals surface area contributed by atoms with E-state index in [9.17, 15) is 0 Å². The first-order valence-electron chi connectivity index (χ1n) is 9.75. The molecule has 0 unspecified atom stereocenters. The Balaban J connectivity index is 1.84. The molecule has 1 aliphatic carbocycles. The van der Waals surface area contributed by atoms with Crippen LogP contribution < -0.4 is 5.73 Å². The Morgan fingerprint density at radius 2 is 1.32 bits per heavy atom. The van der Waals surface area contributed by atoms with Gasteiger partial charge in [-0.1, -0.05) is 57.8 Å². The number of hydrogen-bond acceptors (Lipinski definition) is 5. The summed E-state index contributed by atoms with van der Waals surface area (Å²) in [6, 6.07) is 3.95. The molecule has 2 aromatic heterocycles. The Bertz CT molecular complexity index is 632.